The SMILES string of the molecule is COCC1(C(=O)Nc2cnoc2)CCNCC1. The lowest BCUT2D eigenvalue weighted by Gasteiger charge is -2.35. The molecule has 94 valence electrons. The highest BCUT2D eigenvalue weighted by Crippen LogP contribution is 2.30. The van der Waals surface area contributed by atoms with E-state index in [1.165, 1.54) is 12.5 Å². The van der Waals surface area contributed by atoms with Crippen molar-refractivity contribution in [2.24, 2.45) is 5.41 Å². The molecule has 0 radical (unpaired) electrons. The van der Waals surface area contributed by atoms with E-state index >= 15 is 0 Å². The molecule has 2 rings (SSSR count). The first-order valence-electron chi connectivity index (χ1n) is 5.67. The fourth-order valence-electron chi connectivity index (χ4n) is 2.15. The van der Waals surface area contributed by atoms with Crippen LogP contribution >= 0.6 is 0 Å². The van der Waals surface area contributed by atoms with E-state index in [1.54, 1.807) is 7.11 Å². The maximum Gasteiger partial charge on any atom is 0.233 e. The van der Waals surface area contributed by atoms with Crippen LogP contribution in [0, 0.1) is 5.41 Å². The van der Waals surface area contributed by atoms with Crippen molar-refractivity contribution < 1.29 is 14.1 Å². The molecule has 6 nitrogen and oxygen atoms in total. The number of nitrogens with zero attached hydrogens (tertiary/aromatic N) is 1. The Morgan fingerprint density at radius 1 is 1.65 bits per heavy atom. The maximum absolute atomic E-state index is 12.3. The largest absolute Gasteiger partial charge is 0.384 e. The van der Waals surface area contributed by atoms with Gasteiger partial charge in [-0.05, 0) is 25.9 Å². The van der Waals surface area contributed by atoms with Crippen LogP contribution in [0.5, 0.6) is 0 Å². The minimum atomic E-state index is -0.447. The molecule has 1 fully saturated rings. The molecule has 1 aliphatic rings. The Morgan fingerprint density at radius 2 is 2.41 bits per heavy atom. The van der Waals surface area contributed by atoms with E-state index in [0.717, 1.165) is 25.9 Å². The second-order valence-corrected chi connectivity index (χ2v) is 4.33. The summed E-state index contributed by atoms with van der Waals surface area (Å²) in [5.74, 6) is -0.0240. The summed E-state index contributed by atoms with van der Waals surface area (Å²) in [6.07, 6.45) is 4.45. The van der Waals surface area contributed by atoms with Gasteiger partial charge in [0.15, 0.2) is 0 Å². The molecule has 2 N–H and O–H groups in total. The van der Waals surface area contributed by atoms with Crippen molar-refractivity contribution in [2.45, 2.75) is 12.8 Å². The van der Waals surface area contributed by atoms with E-state index in [9.17, 15) is 4.79 Å². The van der Waals surface area contributed by atoms with Crippen molar-refractivity contribution in [1.29, 1.82) is 0 Å². The summed E-state index contributed by atoms with van der Waals surface area (Å²) in [5.41, 5.74) is 0.140. The summed E-state index contributed by atoms with van der Waals surface area (Å²) in [7, 11) is 1.62. The highest BCUT2D eigenvalue weighted by atomic mass is 16.5. The first-order valence-corrected chi connectivity index (χ1v) is 5.67. The van der Waals surface area contributed by atoms with Gasteiger partial charge < -0.3 is 19.9 Å². The number of nitrogens with one attached hydrogen (secondary N) is 2. The van der Waals surface area contributed by atoms with Crippen LogP contribution in [0.4, 0.5) is 5.69 Å². The second kappa shape index (κ2) is 5.29. The Labute approximate surface area is 99.7 Å². The fourth-order valence-corrected chi connectivity index (χ4v) is 2.15. The zero-order valence-electron chi connectivity index (χ0n) is 9.86. The molecule has 6 heteroatoms. The van der Waals surface area contributed by atoms with E-state index in [1.807, 2.05) is 0 Å². The summed E-state index contributed by atoms with van der Waals surface area (Å²) >= 11 is 0. The number of aromatic nitrogens is 1. The van der Waals surface area contributed by atoms with E-state index in [4.69, 9.17) is 4.74 Å². The van der Waals surface area contributed by atoms with Crippen molar-refractivity contribution >= 4 is 11.6 Å². The molecule has 1 aliphatic heterocycles. The van der Waals surface area contributed by atoms with Crippen LogP contribution in [0.15, 0.2) is 17.0 Å². The molecule has 1 saturated heterocycles. The summed E-state index contributed by atoms with van der Waals surface area (Å²) < 4.78 is 9.88. The number of amides is 1. The van der Waals surface area contributed by atoms with Crippen molar-refractivity contribution in [2.75, 3.05) is 32.1 Å². The van der Waals surface area contributed by atoms with Crippen LogP contribution in [-0.4, -0.2) is 37.9 Å². The third-order valence-electron chi connectivity index (χ3n) is 3.15. The highest BCUT2D eigenvalue weighted by molar-refractivity contribution is 5.95. The van der Waals surface area contributed by atoms with Gasteiger partial charge in [-0.1, -0.05) is 5.16 Å². The van der Waals surface area contributed by atoms with Crippen LogP contribution in [0.2, 0.25) is 0 Å². The molecule has 1 amide bonds. The Hall–Kier alpha value is -1.40. The number of hydrogen-bond acceptors (Lipinski definition) is 5. The minimum absolute atomic E-state index is 0.0240. The molecule has 17 heavy (non-hydrogen) atoms. The quantitative estimate of drug-likeness (QED) is 0.806. The van der Waals surface area contributed by atoms with Gasteiger partial charge in [-0.3, -0.25) is 4.79 Å². The summed E-state index contributed by atoms with van der Waals surface area (Å²) in [6.45, 7) is 2.10. The molecule has 0 unspecified atom stereocenters. The summed E-state index contributed by atoms with van der Waals surface area (Å²) in [5, 5.41) is 9.62. The predicted octanol–water partition coefficient (Wildman–Crippen LogP) is 0.629. The Kier molecular flexibility index (Phi) is 3.75. The number of carbonyl (C=O) groups is 1. The number of methoxy groups -OCH3 is 1. The van der Waals surface area contributed by atoms with Gasteiger partial charge in [-0.15, -0.1) is 0 Å². The Bertz CT molecular complexity index is 353. The van der Waals surface area contributed by atoms with Crippen molar-refractivity contribution in [1.82, 2.24) is 10.5 Å². The van der Waals surface area contributed by atoms with Crippen LogP contribution in [0.3, 0.4) is 0 Å². The number of ether oxygens (including phenoxy) is 1. The van der Waals surface area contributed by atoms with Crippen molar-refractivity contribution in [3.05, 3.63) is 12.5 Å². The molecule has 1 aromatic rings. The zero-order chi connectivity index (χ0) is 12.1. The van der Waals surface area contributed by atoms with Gasteiger partial charge in [0, 0.05) is 7.11 Å². The van der Waals surface area contributed by atoms with Gasteiger partial charge in [-0.2, -0.15) is 0 Å². The number of anilines is 1. The first-order chi connectivity index (χ1) is 8.27. The van der Waals surface area contributed by atoms with Crippen LogP contribution in [0.25, 0.3) is 0 Å². The Balaban J connectivity index is 2.06. The zero-order valence-corrected chi connectivity index (χ0v) is 9.86. The fraction of sp³-hybridized carbons (Fsp3) is 0.636. The lowest BCUT2D eigenvalue weighted by Crippen LogP contribution is -2.47. The topological polar surface area (TPSA) is 76.4 Å². The van der Waals surface area contributed by atoms with Crippen molar-refractivity contribution in [3.8, 4) is 0 Å². The summed E-state index contributed by atoms with van der Waals surface area (Å²) in [4.78, 5) is 12.3. The summed E-state index contributed by atoms with van der Waals surface area (Å²) in [6, 6.07) is 0. The number of piperidine rings is 1. The smallest absolute Gasteiger partial charge is 0.233 e. The number of hydrogen-bond donors (Lipinski definition) is 2. The predicted molar refractivity (Wildman–Crippen MR) is 61.5 cm³/mol. The lowest BCUT2D eigenvalue weighted by atomic mass is 9.78. The molecular formula is C11H17N3O3. The van der Waals surface area contributed by atoms with Gasteiger partial charge in [0.05, 0.1) is 18.2 Å². The van der Waals surface area contributed by atoms with Crippen LogP contribution in [0.1, 0.15) is 12.8 Å². The molecule has 0 aromatic carbocycles. The molecule has 1 aromatic heterocycles. The average molecular weight is 239 g/mol. The molecule has 0 aliphatic carbocycles. The third kappa shape index (κ3) is 2.65. The molecule has 0 bridgehead atoms. The van der Waals surface area contributed by atoms with Crippen molar-refractivity contribution in [3.63, 3.8) is 0 Å². The second-order valence-electron chi connectivity index (χ2n) is 4.33. The van der Waals surface area contributed by atoms with Gasteiger partial charge in [0.25, 0.3) is 0 Å². The molecule has 0 atom stereocenters. The third-order valence-corrected chi connectivity index (χ3v) is 3.15. The van der Waals surface area contributed by atoms with E-state index in [0.29, 0.717) is 12.3 Å². The van der Waals surface area contributed by atoms with E-state index in [-0.39, 0.29) is 5.91 Å². The molecule has 2 heterocycles. The standard InChI is InChI=1S/C11H17N3O3/c1-16-8-11(2-4-12-5-3-11)10(15)14-9-6-13-17-7-9/h6-7,12H,2-5,8H2,1H3,(H,14,15). The molecular weight excluding hydrogens is 222 g/mol. The van der Waals surface area contributed by atoms with Gasteiger partial charge in [0.2, 0.25) is 5.91 Å². The lowest BCUT2D eigenvalue weighted by molar-refractivity contribution is -0.130. The van der Waals surface area contributed by atoms with Gasteiger partial charge in [0.1, 0.15) is 12.0 Å². The minimum Gasteiger partial charge on any atom is -0.384 e. The average Bonchev–Trinajstić information content (AvgIpc) is 2.83. The monoisotopic (exact) mass is 239 g/mol. The van der Waals surface area contributed by atoms with Gasteiger partial charge in [-0.25, -0.2) is 0 Å². The van der Waals surface area contributed by atoms with Crippen LogP contribution in [-0.2, 0) is 9.53 Å². The Morgan fingerprint density at radius 3 is 3.00 bits per heavy atom. The van der Waals surface area contributed by atoms with Crippen LogP contribution < -0.4 is 10.6 Å². The maximum atomic E-state index is 12.3. The van der Waals surface area contributed by atoms with Gasteiger partial charge >= 0.3 is 0 Å². The first kappa shape index (κ1) is 12.1. The molecule has 0 saturated carbocycles. The normalized spacial score (nSPS) is 18.9. The molecule has 0 spiro atoms. The number of rotatable bonds is 4. The van der Waals surface area contributed by atoms with E-state index < -0.39 is 5.41 Å². The highest BCUT2D eigenvalue weighted by Gasteiger charge is 2.39. The van der Waals surface area contributed by atoms with E-state index in [2.05, 4.69) is 20.3 Å². The number of carbonyl (C=O) groups excluding carboxylic acids is 1.